The third-order valence-corrected chi connectivity index (χ3v) is 5.94. The largest absolute Gasteiger partial charge is 0.497 e. The van der Waals surface area contributed by atoms with Gasteiger partial charge in [0, 0.05) is 13.1 Å². The van der Waals surface area contributed by atoms with E-state index < -0.39 is 6.10 Å². The molecule has 2 heterocycles. The Bertz CT molecular complexity index is 907. The molecule has 2 aromatic rings. The first-order valence-electron chi connectivity index (χ1n) is 10.8. The van der Waals surface area contributed by atoms with E-state index in [4.69, 9.17) is 9.47 Å². The van der Waals surface area contributed by atoms with Gasteiger partial charge in [-0.1, -0.05) is 24.3 Å². The van der Waals surface area contributed by atoms with E-state index >= 15 is 0 Å². The van der Waals surface area contributed by atoms with E-state index in [2.05, 4.69) is 27.7 Å². The van der Waals surface area contributed by atoms with Crippen LogP contribution in [0, 0.1) is 5.92 Å². The van der Waals surface area contributed by atoms with Crippen LogP contribution in [0.15, 0.2) is 48.5 Å². The van der Waals surface area contributed by atoms with Crippen LogP contribution in [0.5, 0.6) is 11.5 Å². The van der Waals surface area contributed by atoms with Gasteiger partial charge in [-0.25, -0.2) is 0 Å². The van der Waals surface area contributed by atoms with Gasteiger partial charge in [0.2, 0.25) is 5.91 Å². The molecule has 1 saturated heterocycles. The molecule has 2 amide bonds. The lowest BCUT2D eigenvalue weighted by atomic mass is 9.96. The molecule has 2 aliphatic heterocycles. The molecule has 4 rings (SSSR count). The number of methoxy groups -OCH3 is 1. The van der Waals surface area contributed by atoms with Crippen molar-refractivity contribution in [2.75, 3.05) is 32.1 Å². The molecule has 31 heavy (non-hydrogen) atoms. The van der Waals surface area contributed by atoms with Crippen molar-refractivity contribution in [3.63, 3.8) is 0 Å². The Balaban J connectivity index is 1.17. The molecule has 1 atom stereocenters. The number of piperidine rings is 1. The second-order valence-corrected chi connectivity index (χ2v) is 8.17. The van der Waals surface area contributed by atoms with E-state index in [-0.39, 0.29) is 18.2 Å². The number of nitrogens with one attached hydrogen (secondary N) is 2. The molecule has 0 bridgehead atoms. The van der Waals surface area contributed by atoms with E-state index in [1.165, 1.54) is 5.56 Å². The van der Waals surface area contributed by atoms with Crippen LogP contribution in [0.25, 0.3) is 0 Å². The molecule has 1 unspecified atom stereocenters. The summed E-state index contributed by atoms with van der Waals surface area (Å²) in [6.45, 7) is 3.59. The molecule has 0 aromatic heterocycles. The summed E-state index contributed by atoms with van der Waals surface area (Å²) >= 11 is 0. The van der Waals surface area contributed by atoms with Crippen molar-refractivity contribution in [2.45, 2.75) is 31.9 Å². The Morgan fingerprint density at radius 3 is 2.65 bits per heavy atom. The third kappa shape index (κ3) is 5.55. The molecule has 7 heteroatoms. The lowest BCUT2D eigenvalue weighted by Crippen LogP contribution is -2.42. The van der Waals surface area contributed by atoms with E-state index in [0.717, 1.165) is 38.2 Å². The van der Waals surface area contributed by atoms with Gasteiger partial charge in [0.15, 0.2) is 6.10 Å². The number of fused-ring (bicyclic) bond motifs is 1. The van der Waals surface area contributed by atoms with Crippen molar-refractivity contribution in [3.8, 4) is 11.5 Å². The Morgan fingerprint density at radius 2 is 1.90 bits per heavy atom. The summed E-state index contributed by atoms with van der Waals surface area (Å²) < 4.78 is 10.9. The number of nitrogens with zero attached hydrogens (tertiary/aromatic N) is 1. The summed E-state index contributed by atoms with van der Waals surface area (Å²) in [6, 6.07) is 15.4. The number of benzene rings is 2. The Hall–Kier alpha value is -3.06. The number of carbonyl (C=O) groups excluding carboxylic acids is 2. The Kier molecular flexibility index (Phi) is 6.72. The minimum Gasteiger partial charge on any atom is -0.497 e. The minimum atomic E-state index is -0.791. The standard InChI is InChI=1S/C24H29N3O4/c1-30-19-8-6-18(7-9-19)16-27-12-10-17(11-13-27)15-25-23(28)14-22-24(29)26-20-4-2-3-5-21(20)31-22/h2-9,17,22H,10-16H2,1H3,(H,25,28)(H,26,29). The normalized spacial score (nSPS) is 19.1. The van der Waals surface area contributed by atoms with Crippen molar-refractivity contribution in [2.24, 2.45) is 5.92 Å². The average molecular weight is 424 g/mol. The van der Waals surface area contributed by atoms with Gasteiger partial charge >= 0.3 is 0 Å². The van der Waals surface area contributed by atoms with Crippen LogP contribution in [-0.4, -0.2) is 49.6 Å². The van der Waals surface area contributed by atoms with E-state index in [1.807, 2.05) is 24.3 Å². The number of amides is 2. The second kappa shape index (κ2) is 9.83. The number of ether oxygens (including phenoxy) is 2. The third-order valence-electron chi connectivity index (χ3n) is 5.94. The number of hydrogen-bond acceptors (Lipinski definition) is 5. The van der Waals surface area contributed by atoms with Gasteiger partial charge in [0.05, 0.1) is 19.2 Å². The van der Waals surface area contributed by atoms with Gasteiger partial charge in [0.1, 0.15) is 11.5 Å². The Morgan fingerprint density at radius 1 is 1.16 bits per heavy atom. The van der Waals surface area contributed by atoms with Crippen molar-refractivity contribution < 1.29 is 19.1 Å². The molecule has 0 radical (unpaired) electrons. The quantitative estimate of drug-likeness (QED) is 0.716. The maximum atomic E-state index is 12.4. The first-order valence-corrected chi connectivity index (χ1v) is 10.8. The average Bonchev–Trinajstić information content (AvgIpc) is 2.79. The molecular weight excluding hydrogens is 394 g/mol. The van der Waals surface area contributed by atoms with Crippen molar-refractivity contribution >= 4 is 17.5 Å². The smallest absolute Gasteiger partial charge is 0.266 e. The van der Waals surface area contributed by atoms with E-state index in [1.54, 1.807) is 19.2 Å². The molecule has 1 fully saturated rings. The highest BCUT2D eigenvalue weighted by atomic mass is 16.5. The number of para-hydroxylation sites is 2. The first-order chi connectivity index (χ1) is 15.1. The predicted molar refractivity (Wildman–Crippen MR) is 118 cm³/mol. The zero-order valence-corrected chi connectivity index (χ0v) is 17.8. The molecule has 0 spiro atoms. The Labute approximate surface area is 182 Å². The number of rotatable bonds is 7. The molecule has 7 nitrogen and oxygen atoms in total. The summed E-state index contributed by atoms with van der Waals surface area (Å²) in [5.41, 5.74) is 1.92. The molecule has 2 aromatic carbocycles. The maximum absolute atomic E-state index is 12.4. The predicted octanol–water partition coefficient (Wildman–Crippen LogP) is 2.81. The second-order valence-electron chi connectivity index (χ2n) is 8.17. The lowest BCUT2D eigenvalue weighted by molar-refractivity contribution is -0.130. The van der Waals surface area contributed by atoms with Gasteiger partial charge in [-0.15, -0.1) is 0 Å². The zero-order chi connectivity index (χ0) is 21.6. The molecular formula is C24H29N3O4. The van der Waals surface area contributed by atoms with Crippen molar-refractivity contribution in [1.82, 2.24) is 10.2 Å². The maximum Gasteiger partial charge on any atom is 0.266 e. The number of anilines is 1. The monoisotopic (exact) mass is 423 g/mol. The molecule has 2 aliphatic rings. The highest BCUT2D eigenvalue weighted by Crippen LogP contribution is 2.29. The number of likely N-dealkylation sites (tertiary alicyclic amines) is 1. The highest BCUT2D eigenvalue weighted by Gasteiger charge is 2.29. The molecule has 0 aliphatic carbocycles. The van der Waals surface area contributed by atoms with Crippen LogP contribution in [0.1, 0.15) is 24.8 Å². The van der Waals surface area contributed by atoms with Gasteiger partial charge in [0.25, 0.3) is 5.91 Å². The molecule has 0 saturated carbocycles. The van der Waals surface area contributed by atoms with Gasteiger partial charge < -0.3 is 20.1 Å². The SMILES string of the molecule is COc1ccc(CN2CCC(CNC(=O)CC3Oc4ccccc4NC3=O)CC2)cc1. The van der Waals surface area contributed by atoms with Crippen molar-refractivity contribution in [1.29, 1.82) is 0 Å². The fourth-order valence-corrected chi connectivity index (χ4v) is 4.06. The first kappa shape index (κ1) is 21.2. The minimum absolute atomic E-state index is 0.0243. The fraction of sp³-hybridized carbons (Fsp3) is 0.417. The van der Waals surface area contributed by atoms with Gasteiger partial charge in [-0.05, 0) is 61.7 Å². The van der Waals surface area contributed by atoms with E-state index in [0.29, 0.717) is 23.9 Å². The number of carbonyl (C=O) groups is 2. The fourth-order valence-electron chi connectivity index (χ4n) is 4.06. The summed E-state index contributed by atoms with van der Waals surface area (Å²) in [6.07, 6.45) is 1.33. The van der Waals surface area contributed by atoms with Crippen LogP contribution < -0.4 is 20.1 Å². The lowest BCUT2D eigenvalue weighted by Gasteiger charge is -2.32. The van der Waals surface area contributed by atoms with Gasteiger partial charge in [-0.2, -0.15) is 0 Å². The summed E-state index contributed by atoms with van der Waals surface area (Å²) in [7, 11) is 1.68. The summed E-state index contributed by atoms with van der Waals surface area (Å²) in [4.78, 5) is 27.0. The highest BCUT2D eigenvalue weighted by molar-refractivity contribution is 5.99. The molecule has 2 N–H and O–H groups in total. The van der Waals surface area contributed by atoms with Crippen LogP contribution >= 0.6 is 0 Å². The topological polar surface area (TPSA) is 79.9 Å². The number of hydrogen-bond donors (Lipinski definition) is 2. The zero-order valence-electron chi connectivity index (χ0n) is 17.8. The summed E-state index contributed by atoms with van der Waals surface area (Å²) in [5, 5.41) is 5.79. The van der Waals surface area contributed by atoms with Crippen LogP contribution in [0.4, 0.5) is 5.69 Å². The summed E-state index contributed by atoms with van der Waals surface area (Å²) in [5.74, 6) is 1.50. The van der Waals surface area contributed by atoms with Crippen LogP contribution in [0.2, 0.25) is 0 Å². The van der Waals surface area contributed by atoms with Crippen LogP contribution in [-0.2, 0) is 16.1 Å². The van der Waals surface area contributed by atoms with E-state index in [9.17, 15) is 9.59 Å². The van der Waals surface area contributed by atoms with Gasteiger partial charge in [-0.3, -0.25) is 14.5 Å². The van der Waals surface area contributed by atoms with Crippen LogP contribution in [0.3, 0.4) is 0 Å². The van der Waals surface area contributed by atoms with Crippen molar-refractivity contribution in [3.05, 3.63) is 54.1 Å². The molecule has 164 valence electrons.